The van der Waals surface area contributed by atoms with Crippen LogP contribution in [0.4, 0.5) is 0 Å². The van der Waals surface area contributed by atoms with Crippen LogP contribution in [0.5, 0.6) is 0 Å². The summed E-state index contributed by atoms with van der Waals surface area (Å²) in [5, 5.41) is 3.00. The predicted octanol–water partition coefficient (Wildman–Crippen LogP) is 5.31. The zero-order valence-electron chi connectivity index (χ0n) is 15.6. The fourth-order valence-corrected chi connectivity index (χ4v) is 5.01. The first kappa shape index (κ1) is 17.7. The van der Waals surface area contributed by atoms with Gasteiger partial charge in [0.15, 0.2) is 0 Å². The van der Waals surface area contributed by atoms with Crippen LogP contribution in [0.2, 0.25) is 0 Å². The van der Waals surface area contributed by atoms with Crippen LogP contribution in [0.3, 0.4) is 0 Å². The van der Waals surface area contributed by atoms with Crippen molar-refractivity contribution in [2.75, 3.05) is 0 Å². The molecule has 0 bridgehead atoms. The molecule has 138 valence electrons. The average Bonchev–Trinajstić information content (AvgIpc) is 3.41. The minimum atomic E-state index is 0.169. The molecule has 0 spiro atoms. The van der Waals surface area contributed by atoms with Gasteiger partial charge in [0.25, 0.3) is 5.91 Å². The van der Waals surface area contributed by atoms with Gasteiger partial charge in [-0.1, -0.05) is 43.7 Å². The SMILES string of the molecule is CCC1CCC(N(C(=O)c2csc(Cc3ccccc3)n2)C2CC2)CC1. The summed E-state index contributed by atoms with van der Waals surface area (Å²) in [6, 6.07) is 11.3. The number of aromatic nitrogens is 1. The normalized spacial score (nSPS) is 23.0. The molecule has 4 heteroatoms. The van der Waals surface area contributed by atoms with Crippen LogP contribution in [0, 0.1) is 5.92 Å². The molecule has 2 aliphatic carbocycles. The molecule has 2 aromatic rings. The van der Waals surface area contributed by atoms with Crippen molar-refractivity contribution >= 4 is 17.2 Å². The molecule has 0 N–H and O–H groups in total. The van der Waals surface area contributed by atoms with Crippen LogP contribution in [0.15, 0.2) is 35.7 Å². The molecule has 0 saturated heterocycles. The van der Waals surface area contributed by atoms with Gasteiger partial charge in [0, 0.05) is 23.9 Å². The van der Waals surface area contributed by atoms with Gasteiger partial charge in [-0.2, -0.15) is 0 Å². The van der Waals surface area contributed by atoms with E-state index >= 15 is 0 Å². The monoisotopic (exact) mass is 368 g/mol. The number of carbonyl (C=O) groups is 1. The van der Waals surface area contributed by atoms with Crippen LogP contribution in [0.1, 0.15) is 72.9 Å². The van der Waals surface area contributed by atoms with Crippen LogP contribution in [-0.2, 0) is 6.42 Å². The van der Waals surface area contributed by atoms with E-state index in [0.29, 0.717) is 17.8 Å². The summed E-state index contributed by atoms with van der Waals surface area (Å²) in [7, 11) is 0. The second-order valence-electron chi connectivity index (χ2n) is 7.82. The first-order chi connectivity index (χ1) is 12.7. The second-order valence-corrected chi connectivity index (χ2v) is 8.76. The predicted molar refractivity (Wildman–Crippen MR) is 107 cm³/mol. The maximum atomic E-state index is 13.2. The molecule has 1 aromatic carbocycles. The summed E-state index contributed by atoms with van der Waals surface area (Å²) in [6.45, 7) is 2.29. The van der Waals surface area contributed by atoms with Gasteiger partial charge < -0.3 is 4.90 Å². The summed E-state index contributed by atoms with van der Waals surface area (Å²) in [4.78, 5) is 20.1. The van der Waals surface area contributed by atoms with Gasteiger partial charge >= 0.3 is 0 Å². The first-order valence-electron chi connectivity index (χ1n) is 10.1. The highest BCUT2D eigenvalue weighted by atomic mass is 32.1. The first-order valence-corrected chi connectivity index (χ1v) is 10.9. The number of hydrogen-bond acceptors (Lipinski definition) is 3. The number of benzene rings is 1. The topological polar surface area (TPSA) is 33.2 Å². The minimum Gasteiger partial charge on any atom is -0.331 e. The van der Waals surface area contributed by atoms with Gasteiger partial charge in [-0.25, -0.2) is 4.98 Å². The van der Waals surface area contributed by atoms with Gasteiger partial charge in [0.05, 0.1) is 5.01 Å². The summed E-state index contributed by atoms with van der Waals surface area (Å²) in [6.07, 6.45) is 9.30. The van der Waals surface area contributed by atoms with Crippen LogP contribution >= 0.6 is 11.3 Å². The summed E-state index contributed by atoms with van der Waals surface area (Å²) < 4.78 is 0. The lowest BCUT2D eigenvalue weighted by Crippen LogP contribution is -2.44. The largest absolute Gasteiger partial charge is 0.331 e. The van der Waals surface area contributed by atoms with E-state index in [1.165, 1.54) is 50.5 Å². The molecule has 1 amide bonds. The van der Waals surface area contributed by atoms with Crippen molar-refractivity contribution < 1.29 is 4.79 Å². The molecular formula is C22H28N2OS. The van der Waals surface area contributed by atoms with E-state index in [9.17, 15) is 4.79 Å². The van der Waals surface area contributed by atoms with Gasteiger partial charge in [0.2, 0.25) is 0 Å². The van der Waals surface area contributed by atoms with Crippen molar-refractivity contribution in [2.24, 2.45) is 5.92 Å². The van der Waals surface area contributed by atoms with Crippen molar-refractivity contribution in [1.82, 2.24) is 9.88 Å². The van der Waals surface area contributed by atoms with E-state index in [1.54, 1.807) is 11.3 Å². The average molecular weight is 369 g/mol. The third-order valence-electron chi connectivity index (χ3n) is 5.93. The Bertz CT molecular complexity index is 730. The molecule has 0 atom stereocenters. The molecule has 0 aliphatic heterocycles. The van der Waals surface area contributed by atoms with E-state index in [2.05, 4.69) is 41.1 Å². The fourth-order valence-electron chi connectivity index (χ4n) is 4.21. The van der Waals surface area contributed by atoms with Crippen LogP contribution in [0.25, 0.3) is 0 Å². The van der Waals surface area contributed by atoms with Crippen LogP contribution < -0.4 is 0 Å². The highest BCUT2D eigenvalue weighted by molar-refractivity contribution is 7.09. The Labute approximate surface area is 160 Å². The molecule has 1 aromatic heterocycles. The van der Waals surface area contributed by atoms with E-state index < -0.39 is 0 Å². The maximum absolute atomic E-state index is 13.2. The molecule has 0 radical (unpaired) electrons. The summed E-state index contributed by atoms with van der Waals surface area (Å²) >= 11 is 1.61. The highest BCUT2D eigenvalue weighted by Gasteiger charge is 2.39. The third kappa shape index (κ3) is 4.01. The third-order valence-corrected chi connectivity index (χ3v) is 6.78. The summed E-state index contributed by atoms with van der Waals surface area (Å²) in [5.41, 5.74) is 1.91. The second kappa shape index (κ2) is 7.91. The van der Waals surface area contributed by atoms with Gasteiger partial charge in [0.1, 0.15) is 5.69 Å². The molecule has 2 fully saturated rings. The number of hydrogen-bond donors (Lipinski definition) is 0. The van der Waals surface area contributed by atoms with E-state index in [-0.39, 0.29) is 5.91 Å². The fraction of sp³-hybridized carbons (Fsp3) is 0.545. The van der Waals surface area contributed by atoms with Crippen molar-refractivity contribution in [2.45, 2.75) is 70.4 Å². The van der Waals surface area contributed by atoms with Gasteiger partial charge in [-0.3, -0.25) is 4.79 Å². The van der Waals surface area contributed by atoms with Gasteiger partial charge in [-0.15, -0.1) is 11.3 Å². The number of rotatable bonds is 6. The Morgan fingerprint density at radius 3 is 2.35 bits per heavy atom. The number of amides is 1. The molecule has 0 unspecified atom stereocenters. The molecule has 26 heavy (non-hydrogen) atoms. The molecular weight excluding hydrogens is 340 g/mol. The number of nitrogens with zero attached hydrogens (tertiary/aromatic N) is 2. The maximum Gasteiger partial charge on any atom is 0.273 e. The molecule has 2 saturated carbocycles. The Kier molecular flexibility index (Phi) is 5.39. The zero-order valence-corrected chi connectivity index (χ0v) is 16.4. The number of thiazole rings is 1. The minimum absolute atomic E-state index is 0.169. The van der Waals surface area contributed by atoms with Crippen molar-refractivity contribution in [3.8, 4) is 0 Å². The molecule has 4 rings (SSSR count). The number of carbonyl (C=O) groups excluding carboxylic acids is 1. The lowest BCUT2D eigenvalue weighted by Gasteiger charge is -2.36. The molecule has 1 heterocycles. The molecule has 2 aliphatic rings. The molecule has 3 nitrogen and oxygen atoms in total. The smallest absolute Gasteiger partial charge is 0.273 e. The Morgan fingerprint density at radius 1 is 1.08 bits per heavy atom. The van der Waals surface area contributed by atoms with Crippen molar-refractivity contribution in [1.29, 1.82) is 0 Å². The van der Waals surface area contributed by atoms with E-state index in [4.69, 9.17) is 0 Å². The zero-order chi connectivity index (χ0) is 17.9. The van der Waals surface area contributed by atoms with Gasteiger partial charge in [-0.05, 0) is 50.0 Å². The Morgan fingerprint density at radius 2 is 1.73 bits per heavy atom. The van der Waals surface area contributed by atoms with Crippen molar-refractivity contribution in [3.05, 3.63) is 52.0 Å². The van der Waals surface area contributed by atoms with Crippen molar-refractivity contribution in [3.63, 3.8) is 0 Å². The lowest BCUT2D eigenvalue weighted by molar-refractivity contribution is 0.0582. The summed E-state index contributed by atoms with van der Waals surface area (Å²) in [5.74, 6) is 1.03. The van der Waals surface area contributed by atoms with E-state index in [1.807, 2.05) is 11.4 Å². The lowest BCUT2D eigenvalue weighted by atomic mass is 9.84. The Balaban J connectivity index is 1.45. The Hall–Kier alpha value is -1.68. The van der Waals surface area contributed by atoms with Crippen LogP contribution in [-0.4, -0.2) is 27.9 Å². The highest BCUT2D eigenvalue weighted by Crippen LogP contribution is 2.37. The van der Waals surface area contributed by atoms with E-state index in [0.717, 1.165) is 17.3 Å². The standard InChI is InChI=1S/C22H28N2OS/c1-2-16-8-10-18(11-9-16)24(19-12-13-19)22(25)20-15-26-21(23-20)14-17-6-4-3-5-7-17/h3-7,15-16,18-19H,2,8-14H2,1H3. The quantitative estimate of drug-likeness (QED) is 0.692.